The van der Waals surface area contributed by atoms with Crippen molar-refractivity contribution >= 4 is 21.6 Å². The van der Waals surface area contributed by atoms with E-state index in [0.29, 0.717) is 12.5 Å². The van der Waals surface area contributed by atoms with Crippen molar-refractivity contribution in [3.63, 3.8) is 0 Å². The largest absolute Gasteiger partial charge is 0.377 e. The number of nitrogens with one attached hydrogen (secondary N) is 1. The highest BCUT2D eigenvalue weighted by Crippen LogP contribution is 2.14. The first kappa shape index (κ1) is 14.2. The molecule has 0 aromatic rings. The molecule has 1 heterocycles. The minimum absolute atomic E-state index is 0.0487. The summed E-state index contributed by atoms with van der Waals surface area (Å²) in [6.07, 6.45) is 1.62. The molecule has 1 rings (SSSR count). The molecule has 0 saturated carbocycles. The van der Waals surface area contributed by atoms with Gasteiger partial charge in [-0.3, -0.25) is 0 Å². The molecule has 6 heteroatoms. The third kappa shape index (κ3) is 4.57. The van der Waals surface area contributed by atoms with Crippen LogP contribution in [0.5, 0.6) is 0 Å². The fourth-order valence-electron chi connectivity index (χ4n) is 1.65. The summed E-state index contributed by atoms with van der Waals surface area (Å²) in [6.45, 7) is 4.56. The van der Waals surface area contributed by atoms with Gasteiger partial charge in [0.2, 0.25) is 10.0 Å². The maximum absolute atomic E-state index is 11.8. The van der Waals surface area contributed by atoms with Crippen LogP contribution in [0.3, 0.4) is 0 Å². The molecule has 96 valence electrons. The number of hydrogen-bond donors (Lipinski definition) is 1. The van der Waals surface area contributed by atoms with Gasteiger partial charge in [-0.1, -0.05) is 13.8 Å². The summed E-state index contributed by atoms with van der Waals surface area (Å²) in [5.74, 6) is 0.534. The van der Waals surface area contributed by atoms with E-state index in [-0.39, 0.29) is 23.8 Å². The van der Waals surface area contributed by atoms with E-state index in [9.17, 15) is 8.42 Å². The first-order valence-electron chi connectivity index (χ1n) is 5.62. The van der Waals surface area contributed by atoms with Gasteiger partial charge in [-0.05, 0) is 18.8 Å². The summed E-state index contributed by atoms with van der Waals surface area (Å²) < 4.78 is 31.6. The van der Waals surface area contributed by atoms with Crippen molar-refractivity contribution in [3.8, 4) is 0 Å². The Labute approximate surface area is 103 Å². The molecular weight excluding hydrogens is 250 g/mol. The molecule has 2 atom stereocenters. The monoisotopic (exact) mass is 269 g/mol. The molecule has 1 saturated heterocycles. The van der Waals surface area contributed by atoms with Crippen LogP contribution >= 0.6 is 11.6 Å². The highest BCUT2D eigenvalue weighted by molar-refractivity contribution is 7.89. The molecule has 4 nitrogen and oxygen atoms in total. The predicted octanol–water partition coefficient (Wildman–Crippen LogP) is 1.35. The fourth-order valence-corrected chi connectivity index (χ4v) is 3.84. The van der Waals surface area contributed by atoms with Gasteiger partial charge in [0.05, 0.1) is 11.9 Å². The average Bonchev–Trinajstić information content (AvgIpc) is 2.65. The Hall–Kier alpha value is 0.160. The van der Waals surface area contributed by atoms with Crippen LogP contribution < -0.4 is 4.72 Å². The van der Waals surface area contributed by atoms with Gasteiger partial charge in [0.25, 0.3) is 0 Å². The third-order valence-electron chi connectivity index (χ3n) is 2.73. The van der Waals surface area contributed by atoms with Gasteiger partial charge in [-0.2, -0.15) is 0 Å². The zero-order valence-corrected chi connectivity index (χ0v) is 11.4. The maximum Gasteiger partial charge on any atom is 0.214 e. The molecule has 0 aromatic heterocycles. The summed E-state index contributed by atoms with van der Waals surface area (Å²) in [6, 6.07) is -0.201. The quantitative estimate of drug-likeness (QED) is 0.741. The lowest BCUT2D eigenvalue weighted by Gasteiger charge is -2.20. The van der Waals surface area contributed by atoms with Crippen molar-refractivity contribution in [3.05, 3.63) is 0 Å². The summed E-state index contributed by atoms with van der Waals surface area (Å²) in [4.78, 5) is 0. The van der Waals surface area contributed by atoms with Crippen LogP contribution in [0.25, 0.3) is 0 Å². The summed E-state index contributed by atoms with van der Waals surface area (Å²) in [5.41, 5.74) is 0. The van der Waals surface area contributed by atoms with E-state index in [2.05, 4.69) is 4.72 Å². The van der Waals surface area contributed by atoms with Crippen molar-refractivity contribution in [2.75, 3.05) is 18.2 Å². The van der Waals surface area contributed by atoms with Crippen LogP contribution in [-0.4, -0.2) is 38.8 Å². The van der Waals surface area contributed by atoms with E-state index in [1.165, 1.54) is 0 Å². The van der Waals surface area contributed by atoms with Crippen molar-refractivity contribution < 1.29 is 13.2 Å². The minimum Gasteiger partial charge on any atom is -0.377 e. The maximum atomic E-state index is 11.8. The Morgan fingerprint density at radius 2 is 2.19 bits per heavy atom. The fraction of sp³-hybridized carbons (Fsp3) is 1.00. The Bertz CT molecular complexity index is 299. The Morgan fingerprint density at radius 1 is 1.50 bits per heavy atom. The summed E-state index contributed by atoms with van der Waals surface area (Å²) >= 11 is 5.73. The smallest absolute Gasteiger partial charge is 0.214 e. The van der Waals surface area contributed by atoms with Crippen molar-refractivity contribution in [1.82, 2.24) is 4.72 Å². The molecule has 2 unspecified atom stereocenters. The van der Waals surface area contributed by atoms with E-state index < -0.39 is 10.0 Å². The second-order valence-electron chi connectivity index (χ2n) is 4.54. The number of ether oxygens (including phenoxy) is 1. The van der Waals surface area contributed by atoms with Crippen molar-refractivity contribution in [2.45, 2.75) is 38.8 Å². The van der Waals surface area contributed by atoms with E-state index in [4.69, 9.17) is 16.3 Å². The number of sulfonamides is 1. The SMILES string of the molecule is CC(C)C(CCl)NS(=O)(=O)CC1CCCO1. The number of halogens is 1. The lowest BCUT2D eigenvalue weighted by atomic mass is 10.1. The molecule has 0 aliphatic carbocycles. The Morgan fingerprint density at radius 3 is 2.62 bits per heavy atom. The number of rotatable bonds is 6. The topological polar surface area (TPSA) is 55.4 Å². The number of alkyl halides is 1. The molecule has 1 aliphatic rings. The Balaban J connectivity index is 2.49. The first-order valence-corrected chi connectivity index (χ1v) is 7.81. The van der Waals surface area contributed by atoms with Crippen LogP contribution in [-0.2, 0) is 14.8 Å². The van der Waals surface area contributed by atoms with E-state index >= 15 is 0 Å². The molecule has 0 radical (unpaired) electrons. The van der Waals surface area contributed by atoms with Gasteiger partial charge in [-0.15, -0.1) is 11.6 Å². The van der Waals surface area contributed by atoms with Gasteiger partial charge >= 0.3 is 0 Å². The molecule has 1 fully saturated rings. The molecule has 0 aromatic carbocycles. The standard InChI is InChI=1S/C10H20ClNO3S/c1-8(2)10(6-11)12-16(13,14)7-9-4-3-5-15-9/h8-10,12H,3-7H2,1-2H3. The summed E-state index contributed by atoms with van der Waals surface area (Å²) in [5, 5.41) is 0. The predicted molar refractivity (Wildman–Crippen MR) is 65.2 cm³/mol. The lowest BCUT2D eigenvalue weighted by molar-refractivity contribution is 0.127. The van der Waals surface area contributed by atoms with E-state index in [1.807, 2.05) is 13.8 Å². The zero-order chi connectivity index (χ0) is 12.2. The molecule has 0 spiro atoms. The zero-order valence-electron chi connectivity index (χ0n) is 9.78. The van der Waals surface area contributed by atoms with Crippen LogP contribution in [0.4, 0.5) is 0 Å². The highest BCUT2D eigenvalue weighted by atomic mass is 35.5. The molecule has 0 bridgehead atoms. The van der Waals surface area contributed by atoms with Gasteiger partial charge in [0.1, 0.15) is 0 Å². The molecule has 16 heavy (non-hydrogen) atoms. The van der Waals surface area contributed by atoms with E-state index in [1.54, 1.807) is 0 Å². The average molecular weight is 270 g/mol. The van der Waals surface area contributed by atoms with Gasteiger partial charge in [0.15, 0.2) is 0 Å². The molecule has 1 N–H and O–H groups in total. The van der Waals surface area contributed by atoms with Crippen LogP contribution in [0.15, 0.2) is 0 Å². The summed E-state index contributed by atoms with van der Waals surface area (Å²) in [7, 11) is -3.28. The van der Waals surface area contributed by atoms with Crippen LogP contribution in [0.1, 0.15) is 26.7 Å². The molecular formula is C10H20ClNO3S. The van der Waals surface area contributed by atoms with Gasteiger partial charge in [0, 0.05) is 18.5 Å². The normalized spacial score (nSPS) is 23.9. The van der Waals surface area contributed by atoms with Crippen LogP contribution in [0, 0.1) is 5.92 Å². The van der Waals surface area contributed by atoms with Crippen molar-refractivity contribution in [2.24, 2.45) is 5.92 Å². The number of hydrogen-bond acceptors (Lipinski definition) is 3. The van der Waals surface area contributed by atoms with Crippen LogP contribution in [0.2, 0.25) is 0 Å². The third-order valence-corrected chi connectivity index (χ3v) is 4.54. The first-order chi connectivity index (χ1) is 7.44. The second-order valence-corrected chi connectivity index (χ2v) is 6.65. The minimum atomic E-state index is -3.28. The highest BCUT2D eigenvalue weighted by Gasteiger charge is 2.26. The molecule has 0 amide bonds. The lowest BCUT2D eigenvalue weighted by Crippen LogP contribution is -2.42. The van der Waals surface area contributed by atoms with Gasteiger partial charge < -0.3 is 4.74 Å². The second kappa shape index (κ2) is 6.19. The van der Waals surface area contributed by atoms with Gasteiger partial charge in [-0.25, -0.2) is 13.1 Å². The molecule has 1 aliphatic heterocycles. The Kier molecular flexibility index (Phi) is 5.50. The van der Waals surface area contributed by atoms with Crippen molar-refractivity contribution in [1.29, 1.82) is 0 Å². The van der Waals surface area contributed by atoms with E-state index in [0.717, 1.165) is 12.8 Å².